The van der Waals surface area contributed by atoms with Crippen LogP contribution in [0.5, 0.6) is 17.2 Å². The first-order chi connectivity index (χ1) is 14.2. The van der Waals surface area contributed by atoms with Gasteiger partial charge in [0.25, 0.3) is 5.91 Å². The number of rotatable bonds is 4. The highest BCUT2D eigenvalue weighted by Crippen LogP contribution is 2.35. The van der Waals surface area contributed by atoms with Crippen molar-refractivity contribution in [2.24, 2.45) is 0 Å². The maximum Gasteiger partial charge on any atom is 0.263 e. The number of aromatic nitrogens is 2. The number of piperazine rings is 1. The Kier molecular flexibility index (Phi) is 4.61. The molecule has 1 amide bonds. The van der Waals surface area contributed by atoms with Crippen molar-refractivity contribution in [1.29, 1.82) is 0 Å². The number of hydrogen-bond donors (Lipinski definition) is 0. The maximum absolute atomic E-state index is 12.8. The van der Waals surface area contributed by atoms with Crippen molar-refractivity contribution >= 4 is 11.7 Å². The minimum atomic E-state index is -0.568. The molecule has 1 atom stereocenters. The third-order valence-corrected chi connectivity index (χ3v) is 5.73. The predicted molar refractivity (Wildman–Crippen MR) is 106 cm³/mol. The van der Waals surface area contributed by atoms with E-state index in [2.05, 4.69) is 21.2 Å². The van der Waals surface area contributed by atoms with Crippen LogP contribution in [0, 0.1) is 0 Å². The predicted octanol–water partition coefficient (Wildman–Crippen LogP) is 1.81. The lowest BCUT2D eigenvalue weighted by Gasteiger charge is -2.36. The molecule has 0 saturated carbocycles. The summed E-state index contributed by atoms with van der Waals surface area (Å²) in [6, 6.07) is 7.52. The van der Waals surface area contributed by atoms with E-state index < -0.39 is 6.10 Å². The van der Waals surface area contributed by atoms with Crippen LogP contribution in [-0.2, 0) is 17.6 Å². The SMILES string of the molecule is CC(Oc1ccc2c(c1)OCO2)C(=O)N1CCN(c2cc3c(nn2)CCC3)CC1. The number of carbonyl (C=O) groups is 1. The van der Waals surface area contributed by atoms with Gasteiger partial charge in [-0.05, 0) is 49.9 Å². The lowest BCUT2D eigenvalue weighted by Crippen LogP contribution is -2.52. The smallest absolute Gasteiger partial charge is 0.263 e. The lowest BCUT2D eigenvalue weighted by atomic mass is 10.2. The van der Waals surface area contributed by atoms with E-state index in [9.17, 15) is 4.79 Å². The fourth-order valence-corrected chi connectivity index (χ4v) is 4.09. The molecule has 1 aromatic heterocycles. The number of fused-ring (bicyclic) bond motifs is 2. The molecule has 152 valence electrons. The number of anilines is 1. The summed E-state index contributed by atoms with van der Waals surface area (Å²) in [7, 11) is 0. The Morgan fingerprint density at radius 3 is 2.76 bits per heavy atom. The summed E-state index contributed by atoms with van der Waals surface area (Å²) in [6.07, 6.45) is 2.72. The van der Waals surface area contributed by atoms with Crippen LogP contribution in [0.1, 0.15) is 24.6 Å². The molecule has 5 rings (SSSR count). The second kappa shape index (κ2) is 7.42. The number of aryl methyl sites for hydroxylation is 2. The largest absolute Gasteiger partial charge is 0.481 e. The van der Waals surface area contributed by atoms with Gasteiger partial charge in [-0.3, -0.25) is 4.79 Å². The van der Waals surface area contributed by atoms with Crippen LogP contribution in [0.2, 0.25) is 0 Å². The van der Waals surface area contributed by atoms with E-state index >= 15 is 0 Å². The van der Waals surface area contributed by atoms with E-state index in [0.29, 0.717) is 30.3 Å². The average molecular weight is 396 g/mol. The fraction of sp³-hybridized carbons (Fsp3) is 0.476. The first-order valence-electron chi connectivity index (χ1n) is 10.1. The monoisotopic (exact) mass is 396 g/mol. The zero-order valence-electron chi connectivity index (χ0n) is 16.5. The van der Waals surface area contributed by atoms with Crippen LogP contribution >= 0.6 is 0 Å². The Hall–Kier alpha value is -3.03. The molecule has 8 heteroatoms. The van der Waals surface area contributed by atoms with E-state index in [1.165, 1.54) is 5.56 Å². The molecule has 3 heterocycles. The molecule has 2 aliphatic heterocycles. The number of amides is 1. The topological polar surface area (TPSA) is 77.0 Å². The molecule has 3 aliphatic rings. The summed E-state index contributed by atoms with van der Waals surface area (Å²) < 4.78 is 16.5. The molecule has 8 nitrogen and oxygen atoms in total. The Balaban J connectivity index is 1.17. The molecule has 0 radical (unpaired) electrons. The Morgan fingerprint density at radius 2 is 1.90 bits per heavy atom. The highest BCUT2D eigenvalue weighted by atomic mass is 16.7. The highest BCUT2D eigenvalue weighted by Gasteiger charge is 2.27. The van der Waals surface area contributed by atoms with Gasteiger partial charge in [-0.25, -0.2) is 0 Å². The van der Waals surface area contributed by atoms with Crippen LogP contribution in [0.25, 0.3) is 0 Å². The molecule has 1 saturated heterocycles. The number of hydrogen-bond acceptors (Lipinski definition) is 7. The quantitative estimate of drug-likeness (QED) is 0.780. The zero-order valence-corrected chi connectivity index (χ0v) is 16.5. The third kappa shape index (κ3) is 3.54. The van der Waals surface area contributed by atoms with Crippen LogP contribution in [-0.4, -0.2) is 60.1 Å². The van der Waals surface area contributed by atoms with Crippen LogP contribution in [0.15, 0.2) is 24.3 Å². The van der Waals surface area contributed by atoms with Gasteiger partial charge in [0.05, 0.1) is 5.69 Å². The van der Waals surface area contributed by atoms with Gasteiger partial charge in [-0.15, -0.1) is 5.10 Å². The summed E-state index contributed by atoms with van der Waals surface area (Å²) in [5.41, 5.74) is 2.45. The van der Waals surface area contributed by atoms with Crippen molar-refractivity contribution in [3.05, 3.63) is 35.5 Å². The number of benzene rings is 1. The molecule has 1 aliphatic carbocycles. The first-order valence-corrected chi connectivity index (χ1v) is 10.1. The molecule has 1 unspecified atom stereocenters. The average Bonchev–Trinajstić information content (AvgIpc) is 3.41. The molecular formula is C21H24N4O4. The van der Waals surface area contributed by atoms with E-state index in [1.807, 2.05) is 4.90 Å². The summed E-state index contributed by atoms with van der Waals surface area (Å²) >= 11 is 0. The Morgan fingerprint density at radius 1 is 1.07 bits per heavy atom. The molecule has 1 fully saturated rings. The summed E-state index contributed by atoms with van der Waals surface area (Å²) in [4.78, 5) is 16.9. The van der Waals surface area contributed by atoms with Crippen molar-refractivity contribution in [2.45, 2.75) is 32.3 Å². The molecule has 1 aromatic carbocycles. The minimum Gasteiger partial charge on any atom is -0.481 e. The molecule has 0 N–H and O–H groups in total. The molecule has 29 heavy (non-hydrogen) atoms. The summed E-state index contributed by atoms with van der Waals surface area (Å²) in [6.45, 7) is 4.78. The summed E-state index contributed by atoms with van der Waals surface area (Å²) in [5.74, 6) is 2.85. The second-order valence-corrected chi connectivity index (χ2v) is 7.62. The van der Waals surface area contributed by atoms with Crippen molar-refractivity contribution in [1.82, 2.24) is 15.1 Å². The van der Waals surface area contributed by atoms with Gasteiger partial charge in [-0.2, -0.15) is 5.10 Å². The fourth-order valence-electron chi connectivity index (χ4n) is 4.09. The first kappa shape index (κ1) is 18.0. The molecule has 0 bridgehead atoms. The molecule has 2 aromatic rings. The van der Waals surface area contributed by atoms with E-state index in [0.717, 1.165) is 43.9 Å². The second-order valence-electron chi connectivity index (χ2n) is 7.62. The van der Waals surface area contributed by atoms with Gasteiger partial charge in [-0.1, -0.05) is 0 Å². The Bertz CT molecular complexity index is 927. The van der Waals surface area contributed by atoms with E-state index in [4.69, 9.17) is 14.2 Å². The van der Waals surface area contributed by atoms with Crippen molar-refractivity contribution < 1.29 is 19.0 Å². The molecule has 0 spiro atoms. The lowest BCUT2D eigenvalue weighted by molar-refractivity contribution is -0.138. The molecular weight excluding hydrogens is 372 g/mol. The van der Waals surface area contributed by atoms with E-state index in [1.54, 1.807) is 25.1 Å². The van der Waals surface area contributed by atoms with Crippen LogP contribution in [0.3, 0.4) is 0 Å². The third-order valence-electron chi connectivity index (χ3n) is 5.73. The maximum atomic E-state index is 12.8. The Labute approximate surface area is 169 Å². The minimum absolute atomic E-state index is 0.0117. The van der Waals surface area contributed by atoms with Gasteiger partial charge in [0.15, 0.2) is 23.4 Å². The van der Waals surface area contributed by atoms with Gasteiger partial charge < -0.3 is 24.0 Å². The van der Waals surface area contributed by atoms with E-state index in [-0.39, 0.29) is 12.7 Å². The summed E-state index contributed by atoms with van der Waals surface area (Å²) in [5, 5.41) is 8.77. The normalized spacial score (nSPS) is 18.5. The van der Waals surface area contributed by atoms with Crippen LogP contribution < -0.4 is 19.1 Å². The van der Waals surface area contributed by atoms with Gasteiger partial charge in [0, 0.05) is 32.2 Å². The van der Waals surface area contributed by atoms with Crippen molar-refractivity contribution in [3.8, 4) is 17.2 Å². The van der Waals surface area contributed by atoms with Gasteiger partial charge in [0.2, 0.25) is 6.79 Å². The van der Waals surface area contributed by atoms with Crippen molar-refractivity contribution in [2.75, 3.05) is 37.9 Å². The van der Waals surface area contributed by atoms with Gasteiger partial charge in [0.1, 0.15) is 5.75 Å². The zero-order chi connectivity index (χ0) is 19.8. The number of carbonyl (C=O) groups excluding carboxylic acids is 1. The van der Waals surface area contributed by atoms with Crippen molar-refractivity contribution in [3.63, 3.8) is 0 Å². The van der Waals surface area contributed by atoms with Gasteiger partial charge >= 0.3 is 0 Å². The highest BCUT2D eigenvalue weighted by molar-refractivity contribution is 5.81. The number of ether oxygens (including phenoxy) is 3. The standard InChI is InChI=1S/C21H24N4O4/c1-14(29-16-5-6-18-19(12-16)28-13-27-18)21(26)25-9-7-24(8-10-25)20-11-15-3-2-4-17(15)22-23-20/h5-6,11-12,14H,2-4,7-10,13H2,1H3. The van der Waals surface area contributed by atoms with Crippen LogP contribution in [0.4, 0.5) is 5.82 Å². The number of nitrogens with zero attached hydrogens (tertiary/aromatic N) is 4.